The van der Waals surface area contributed by atoms with Gasteiger partial charge in [0.25, 0.3) is 5.91 Å². The lowest BCUT2D eigenvalue weighted by Gasteiger charge is -2.33. The van der Waals surface area contributed by atoms with Crippen molar-refractivity contribution in [1.82, 2.24) is 4.98 Å². The fourth-order valence-electron chi connectivity index (χ4n) is 3.60. The number of nitrogens with one attached hydrogen (secondary N) is 1. The van der Waals surface area contributed by atoms with Gasteiger partial charge in [-0.3, -0.25) is 14.5 Å². The van der Waals surface area contributed by atoms with Crippen LogP contribution in [-0.2, 0) is 15.8 Å². The number of ether oxygens (including phenoxy) is 1. The lowest BCUT2D eigenvalue weighted by atomic mass is 10.1. The quantitative estimate of drug-likeness (QED) is 0.569. The lowest BCUT2D eigenvalue weighted by Crippen LogP contribution is -2.42. The van der Waals surface area contributed by atoms with E-state index in [4.69, 9.17) is 4.74 Å². The summed E-state index contributed by atoms with van der Waals surface area (Å²) in [6.07, 6.45) is -3.74. The standard InChI is InChI=1S/C24H20F3N3O3/c25-24(26,27)17-10-4-5-11-18(17)29-20(31)13-7-15-30-22-19(12-6-14-28-22)33-21(23(30)32)16-8-2-1-3-9-16/h1-6,8-12,14,21H,7,13,15H2,(H,29,31). The first-order chi connectivity index (χ1) is 15.8. The molecule has 0 aliphatic carbocycles. The van der Waals surface area contributed by atoms with E-state index in [1.807, 2.05) is 6.07 Å². The number of benzene rings is 2. The van der Waals surface area contributed by atoms with Crippen molar-refractivity contribution in [3.05, 3.63) is 84.1 Å². The summed E-state index contributed by atoms with van der Waals surface area (Å²) in [5, 5.41) is 2.32. The highest BCUT2D eigenvalue weighted by Gasteiger charge is 2.36. The van der Waals surface area contributed by atoms with Crippen LogP contribution in [0.2, 0.25) is 0 Å². The molecular formula is C24H20F3N3O3. The molecule has 3 aromatic rings. The number of fused-ring (bicyclic) bond motifs is 1. The number of anilines is 2. The molecule has 1 unspecified atom stereocenters. The zero-order chi connectivity index (χ0) is 23.4. The Balaban J connectivity index is 1.44. The van der Waals surface area contributed by atoms with Crippen LogP contribution in [0.4, 0.5) is 24.7 Å². The Morgan fingerprint density at radius 1 is 1.03 bits per heavy atom. The molecule has 9 heteroatoms. The van der Waals surface area contributed by atoms with E-state index in [-0.39, 0.29) is 31.0 Å². The molecule has 0 bridgehead atoms. The van der Waals surface area contributed by atoms with Crippen molar-refractivity contribution in [2.24, 2.45) is 0 Å². The Kier molecular flexibility index (Phi) is 6.30. The molecule has 1 N–H and O–H groups in total. The summed E-state index contributed by atoms with van der Waals surface area (Å²) in [6, 6.07) is 17.2. The second-order valence-corrected chi connectivity index (χ2v) is 7.42. The molecule has 1 aliphatic heterocycles. The van der Waals surface area contributed by atoms with Crippen molar-refractivity contribution in [2.75, 3.05) is 16.8 Å². The molecule has 0 saturated carbocycles. The second-order valence-electron chi connectivity index (χ2n) is 7.42. The molecule has 2 heterocycles. The first-order valence-corrected chi connectivity index (χ1v) is 10.3. The molecule has 1 aromatic heterocycles. The number of rotatable bonds is 6. The monoisotopic (exact) mass is 455 g/mol. The molecule has 0 saturated heterocycles. The van der Waals surface area contributed by atoms with Gasteiger partial charge in [-0.1, -0.05) is 42.5 Å². The molecule has 0 fully saturated rings. The third-order valence-corrected chi connectivity index (χ3v) is 5.14. The van der Waals surface area contributed by atoms with Crippen molar-refractivity contribution >= 4 is 23.3 Å². The minimum absolute atomic E-state index is 0.0744. The Hall–Kier alpha value is -3.88. The van der Waals surface area contributed by atoms with E-state index >= 15 is 0 Å². The molecule has 1 aliphatic rings. The van der Waals surface area contributed by atoms with Crippen molar-refractivity contribution in [2.45, 2.75) is 25.1 Å². The molecule has 1 atom stereocenters. The highest BCUT2D eigenvalue weighted by Crippen LogP contribution is 2.37. The summed E-state index contributed by atoms with van der Waals surface area (Å²) >= 11 is 0. The van der Waals surface area contributed by atoms with E-state index in [9.17, 15) is 22.8 Å². The van der Waals surface area contributed by atoms with Gasteiger partial charge in [0.05, 0.1) is 11.3 Å². The Morgan fingerprint density at radius 3 is 2.52 bits per heavy atom. The summed E-state index contributed by atoms with van der Waals surface area (Å²) < 4.78 is 45.3. The number of alkyl halides is 3. The number of aromatic nitrogens is 1. The van der Waals surface area contributed by atoms with E-state index in [0.29, 0.717) is 17.1 Å². The van der Waals surface area contributed by atoms with Crippen LogP contribution in [0.3, 0.4) is 0 Å². The van der Waals surface area contributed by atoms with Crippen LogP contribution in [0.25, 0.3) is 0 Å². The van der Waals surface area contributed by atoms with E-state index in [0.717, 1.165) is 6.07 Å². The van der Waals surface area contributed by atoms with Crippen LogP contribution >= 0.6 is 0 Å². The minimum atomic E-state index is -4.58. The highest BCUT2D eigenvalue weighted by atomic mass is 19.4. The van der Waals surface area contributed by atoms with Gasteiger partial charge in [0, 0.05) is 24.7 Å². The van der Waals surface area contributed by atoms with Crippen LogP contribution in [-0.4, -0.2) is 23.3 Å². The zero-order valence-electron chi connectivity index (χ0n) is 17.4. The van der Waals surface area contributed by atoms with E-state index in [1.165, 1.54) is 29.3 Å². The average molecular weight is 455 g/mol. The van der Waals surface area contributed by atoms with Crippen LogP contribution < -0.4 is 15.0 Å². The number of hydrogen-bond acceptors (Lipinski definition) is 4. The van der Waals surface area contributed by atoms with E-state index in [1.54, 1.807) is 36.4 Å². The second kappa shape index (κ2) is 9.32. The zero-order valence-corrected chi connectivity index (χ0v) is 17.4. The maximum Gasteiger partial charge on any atom is 0.418 e. The van der Waals surface area contributed by atoms with Crippen LogP contribution in [0, 0.1) is 0 Å². The van der Waals surface area contributed by atoms with Gasteiger partial charge in [-0.25, -0.2) is 4.98 Å². The molecule has 0 radical (unpaired) electrons. The Labute approximate surface area is 188 Å². The van der Waals surface area contributed by atoms with Gasteiger partial charge in [-0.2, -0.15) is 13.2 Å². The summed E-state index contributed by atoms with van der Waals surface area (Å²) in [5.74, 6) is -0.115. The third kappa shape index (κ3) is 4.97. The van der Waals surface area contributed by atoms with Crippen molar-refractivity contribution < 1.29 is 27.5 Å². The fourth-order valence-corrected chi connectivity index (χ4v) is 3.60. The number of nitrogens with zero attached hydrogens (tertiary/aromatic N) is 2. The van der Waals surface area contributed by atoms with Gasteiger partial charge in [0.1, 0.15) is 0 Å². The van der Waals surface area contributed by atoms with Crippen LogP contribution in [0.5, 0.6) is 5.75 Å². The topological polar surface area (TPSA) is 71.5 Å². The molecule has 170 valence electrons. The molecular weight excluding hydrogens is 435 g/mol. The van der Waals surface area contributed by atoms with E-state index in [2.05, 4.69) is 10.3 Å². The Morgan fingerprint density at radius 2 is 1.76 bits per heavy atom. The predicted molar refractivity (Wildman–Crippen MR) is 116 cm³/mol. The highest BCUT2D eigenvalue weighted by molar-refractivity contribution is 5.99. The first-order valence-electron chi connectivity index (χ1n) is 10.3. The normalized spacial score (nSPS) is 15.5. The van der Waals surface area contributed by atoms with Gasteiger partial charge in [0.2, 0.25) is 12.0 Å². The van der Waals surface area contributed by atoms with Gasteiger partial charge in [-0.05, 0) is 30.7 Å². The SMILES string of the molecule is O=C(CCCN1C(=O)C(c2ccccc2)Oc2cccnc21)Nc1ccccc1C(F)(F)F. The van der Waals surface area contributed by atoms with Crippen molar-refractivity contribution in [1.29, 1.82) is 0 Å². The number of carbonyl (C=O) groups is 2. The summed E-state index contributed by atoms with van der Waals surface area (Å²) in [5.41, 5.74) is -0.525. The van der Waals surface area contributed by atoms with Crippen molar-refractivity contribution in [3.63, 3.8) is 0 Å². The molecule has 2 aromatic carbocycles. The lowest BCUT2D eigenvalue weighted by molar-refractivity contribution is -0.137. The Bertz CT molecular complexity index is 1150. The van der Waals surface area contributed by atoms with Gasteiger partial charge in [0.15, 0.2) is 11.6 Å². The average Bonchev–Trinajstić information content (AvgIpc) is 2.80. The molecule has 0 spiro atoms. The smallest absolute Gasteiger partial charge is 0.418 e. The predicted octanol–water partition coefficient (Wildman–Crippen LogP) is 4.99. The van der Waals surface area contributed by atoms with Gasteiger partial charge >= 0.3 is 6.18 Å². The minimum Gasteiger partial charge on any atom is -0.472 e. The fraction of sp³-hybridized carbons (Fsp3) is 0.208. The number of carbonyl (C=O) groups excluding carboxylic acids is 2. The number of para-hydroxylation sites is 1. The van der Waals surface area contributed by atoms with Crippen LogP contribution in [0.15, 0.2) is 72.9 Å². The third-order valence-electron chi connectivity index (χ3n) is 5.14. The summed E-state index contributed by atoms with van der Waals surface area (Å²) in [4.78, 5) is 31.2. The molecule has 2 amide bonds. The number of halogens is 3. The number of amides is 2. The van der Waals surface area contributed by atoms with Crippen molar-refractivity contribution in [3.8, 4) is 5.75 Å². The summed E-state index contributed by atoms with van der Waals surface area (Å²) in [6.45, 7) is 0.157. The summed E-state index contributed by atoms with van der Waals surface area (Å²) in [7, 11) is 0. The van der Waals surface area contributed by atoms with E-state index < -0.39 is 23.8 Å². The maximum atomic E-state index is 13.1. The number of pyridine rings is 1. The molecule has 6 nitrogen and oxygen atoms in total. The molecule has 4 rings (SSSR count). The largest absolute Gasteiger partial charge is 0.472 e. The first kappa shape index (κ1) is 22.3. The van der Waals surface area contributed by atoms with Gasteiger partial charge in [-0.15, -0.1) is 0 Å². The maximum absolute atomic E-state index is 13.1. The van der Waals surface area contributed by atoms with Crippen LogP contribution in [0.1, 0.15) is 30.1 Å². The molecule has 33 heavy (non-hydrogen) atoms. The number of hydrogen-bond donors (Lipinski definition) is 1. The van der Waals surface area contributed by atoms with Gasteiger partial charge < -0.3 is 10.1 Å².